The Labute approximate surface area is 245 Å². The van der Waals surface area contributed by atoms with E-state index in [0.29, 0.717) is 11.4 Å². The normalized spacial score (nSPS) is 14.4. The Morgan fingerprint density at radius 1 is 0.548 bits per heavy atom. The van der Waals surface area contributed by atoms with Crippen LogP contribution in [0.15, 0.2) is 156 Å². The van der Waals surface area contributed by atoms with E-state index in [-0.39, 0.29) is 6.17 Å². The monoisotopic (exact) mass is 538 g/mol. The first-order valence-electron chi connectivity index (χ1n) is 13.9. The molecule has 0 amide bonds. The number of hydrogen-bond acceptors (Lipinski definition) is 4. The number of nitrogens with one attached hydrogen (secondary N) is 1. The highest BCUT2D eigenvalue weighted by molar-refractivity contribution is 6.14. The predicted molar refractivity (Wildman–Crippen MR) is 171 cm³/mol. The standard InChI is InChI=1S/C38H26N4/c39-25-26-15-17-28(18-16-26)34-13-7-8-14-35(34)31-21-19-27-20-22-32(24-33(27)23-31)38-41-36(29-9-3-1-4-10-29)40-37(42-38)30-11-5-2-6-12-30/h1-24,36H,(H,40,41,42). The van der Waals surface area contributed by atoms with E-state index in [1.54, 1.807) is 0 Å². The second-order valence-electron chi connectivity index (χ2n) is 10.2. The van der Waals surface area contributed by atoms with Crippen molar-refractivity contribution in [2.45, 2.75) is 6.17 Å². The van der Waals surface area contributed by atoms with Crippen LogP contribution in [0.4, 0.5) is 0 Å². The predicted octanol–water partition coefficient (Wildman–Crippen LogP) is 8.54. The molecule has 0 saturated carbocycles. The first-order valence-corrected chi connectivity index (χ1v) is 13.9. The maximum absolute atomic E-state index is 9.22. The zero-order valence-corrected chi connectivity index (χ0v) is 22.8. The van der Waals surface area contributed by atoms with Crippen LogP contribution in [0.1, 0.15) is 28.4 Å². The number of nitriles is 1. The lowest BCUT2D eigenvalue weighted by Crippen LogP contribution is -2.33. The van der Waals surface area contributed by atoms with Crippen molar-refractivity contribution < 1.29 is 0 Å². The van der Waals surface area contributed by atoms with Gasteiger partial charge in [-0.2, -0.15) is 5.26 Å². The molecule has 0 aromatic heterocycles. The van der Waals surface area contributed by atoms with E-state index in [2.05, 4.69) is 84.2 Å². The Bertz CT molecular complexity index is 2000. The van der Waals surface area contributed by atoms with Gasteiger partial charge in [0, 0.05) is 11.1 Å². The van der Waals surface area contributed by atoms with E-state index >= 15 is 0 Å². The number of aliphatic imine (C=N–C) groups is 2. The van der Waals surface area contributed by atoms with Gasteiger partial charge in [0.2, 0.25) is 0 Å². The van der Waals surface area contributed by atoms with Gasteiger partial charge < -0.3 is 5.32 Å². The van der Waals surface area contributed by atoms with Crippen LogP contribution in [0, 0.1) is 11.3 Å². The average molecular weight is 539 g/mol. The summed E-state index contributed by atoms with van der Waals surface area (Å²) in [6.07, 6.45) is -0.241. The number of hydrogen-bond donors (Lipinski definition) is 1. The first kappa shape index (κ1) is 25.2. The van der Waals surface area contributed by atoms with Gasteiger partial charge in [-0.05, 0) is 62.9 Å². The second-order valence-corrected chi connectivity index (χ2v) is 10.2. The Balaban J connectivity index is 1.29. The quantitative estimate of drug-likeness (QED) is 0.239. The van der Waals surface area contributed by atoms with E-state index in [1.807, 2.05) is 72.8 Å². The van der Waals surface area contributed by atoms with Gasteiger partial charge in [-0.15, -0.1) is 0 Å². The third kappa shape index (κ3) is 4.96. The Kier molecular flexibility index (Phi) is 6.60. The van der Waals surface area contributed by atoms with Gasteiger partial charge in [-0.1, -0.05) is 121 Å². The van der Waals surface area contributed by atoms with Crippen molar-refractivity contribution in [3.63, 3.8) is 0 Å². The minimum absolute atomic E-state index is 0.241. The smallest absolute Gasteiger partial charge is 0.159 e. The van der Waals surface area contributed by atoms with Gasteiger partial charge in [0.1, 0.15) is 12.0 Å². The summed E-state index contributed by atoms with van der Waals surface area (Å²) in [7, 11) is 0. The highest BCUT2D eigenvalue weighted by Crippen LogP contribution is 2.34. The molecule has 0 aliphatic carbocycles. The lowest BCUT2D eigenvalue weighted by Gasteiger charge is -2.24. The maximum Gasteiger partial charge on any atom is 0.159 e. The molecule has 0 spiro atoms. The van der Waals surface area contributed by atoms with E-state index in [1.165, 1.54) is 0 Å². The zero-order chi connectivity index (χ0) is 28.3. The van der Waals surface area contributed by atoms with Crippen LogP contribution >= 0.6 is 0 Å². The second kappa shape index (κ2) is 11.0. The van der Waals surface area contributed by atoms with Crippen molar-refractivity contribution in [3.8, 4) is 28.3 Å². The lowest BCUT2D eigenvalue weighted by molar-refractivity contribution is 0.674. The van der Waals surface area contributed by atoms with Crippen LogP contribution in [0.25, 0.3) is 33.0 Å². The number of fused-ring (bicyclic) bond motifs is 1. The van der Waals surface area contributed by atoms with Crippen molar-refractivity contribution in [1.82, 2.24) is 5.32 Å². The summed E-state index contributed by atoms with van der Waals surface area (Å²) < 4.78 is 0. The minimum Gasteiger partial charge on any atom is -0.344 e. The fourth-order valence-corrected chi connectivity index (χ4v) is 5.39. The first-order chi connectivity index (χ1) is 20.7. The summed E-state index contributed by atoms with van der Waals surface area (Å²) in [5.74, 6) is 1.51. The molecular weight excluding hydrogens is 512 g/mol. The zero-order valence-electron chi connectivity index (χ0n) is 22.8. The highest BCUT2D eigenvalue weighted by Gasteiger charge is 2.21. The maximum atomic E-state index is 9.22. The summed E-state index contributed by atoms with van der Waals surface area (Å²) in [5.41, 5.74) is 8.22. The molecule has 0 fully saturated rings. The summed E-state index contributed by atoms with van der Waals surface area (Å²) in [5, 5.41) is 15.1. The van der Waals surface area contributed by atoms with Gasteiger partial charge in [-0.3, -0.25) is 0 Å². The highest BCUT2D eigenvalue weighted by atomic mass is 15.2. The average Bonchev–Trinajstić information content (AvgIpc) is 3.08. The number of rotatable bonds is 5. The van der Waals surface area contributed by atoms with Crippen LogP contribution in [0.2, 0.25) is 0 Å². The summed E-state index contributed by atoms with van der Waals surface area (Å²) in [6.45, 7) is 0. The van der Waals surface area contributed by atoms with E-state index < -0.39 is 0 Å². The molecule has 6 aromatic rings. The van der Waals surface area contributed by atoms with Crippen molar-refractivity contribution in [3.05, 3.63) is 168 Å². The number of nitrogens with zero attached hydrogens (tertiary/aromatic N) is 3. The molecule has 42 heavy (non-hydrogen) atoms. The van der Waals surface area contributed by atoms with Crippen molar-refractivity contribution >= 4 is 22.4 Å². The molecule has 0 saturated heterocycles. The van der Waals surface area contributed by atoms with Crippen LogP contribution in [0.5, 0.6) is 0 Å². The molecule has 1 unspecified atom stereocenters. The largest absolute Gasteiger partial charge is 0.344 e. The van der Waals surface area contributed by atoms with Crippen LogP contribution < -0.4 is 5.32 Å². The minimum atomic E-state index is -0.241. The fourth-order valence-electron chi connectivity index (χ4n) is 5.39. The SMILES string of the molecule is N#Cc1ccc(-c2ccccc2-c2ccc3ccc(C4=NC(c5ccccc5)=NC(c5ccccc5)N4)cc3c2)cc1. The molecule has 4 nitrogen and oxygen atoms in total. The van der Waals surface area contributed by atoms with Crippen LogP contribution in [0.3, 0.4) is 0 Å². The van der Waals surface area contributed by atoms with Gasteiger partial charge >= 0.3 is 0 Å². The molecule has 1 aliphatic rings. The van der Waals surface area contributed by atoms with Gasteiger partial charge in [0.25, 0.3) is 0 Å². The molecule has 0 bridgehead atoms. The van der Waals surface area contributed by atoms with Crippen molar-refractivity contribution in [2.24, 2.45) is 9.98 Å². The number of benzene rings is 6. The third-order valence-corrected chi connectivity index (χ3v) is 7.57. The summed E-state index contributed by atoms with van der Waals surface area (Å²) >= 11 is 0. The molecule has 7 rings (SSSR count). The molecule has 1 heterocycles. The Morgan fingerprint density at radius 3 is 1.86 bits per heavy atom. The molecule has 1 atom stereocenters. The van der Waals surface area contributed by atoms with Crippen LogP contribution in [-0.4, -0.2) is 11.7 Å². The van der Waals surface area contributed by atoms with Gasteiger partial charge in [0.15, 0.2) is 5.84 Å². The lowest BCUT2D eigenvalue weighted by atomic mass is 9.92. The Hall–Kier alpha value is -5.79. The van der Waals surface area contributed by atoms with Gasteiger partial charge in [-0.25, -0.2) is 9.98 Å². The summed E-state index contributed by atoms with van der Waals surface area (Å²) in [6, 6.07) is 51.8. The number of amidine groups is 2. The molecule has 198 valence electrons. The van der Waals surface area contributed by atoms with E-state index in [4.69, 9.17) is 9.98 Å². The fraction of sp³-hybridized carbons (Fsp3) is 0.0263. The third-order valence-electron chi connectivity index (χ3n) is 7.57. The molecule has 0 radical (unpaired) electrons. The molecule has 4 heteroatoms. The summed E-state index contributed by atoms with van der Waals surface area (Å²) in [4.78, 5) is 9.95. The Morgan fingerprint density at radius 2 is 1.14 bits per heavy atom. The topological polar surface area (TPSA) is 60.5 Å². The molecular formula is C38H26N4. The van der Waals surface area contributed by atoms with E-state index in [9.17, 15) is 5.26 Å². The van der Waals surface area contributed by atoms with Crippen molar-refractivity contribution in [1.29, 1.82) is 5.26 Å². The molecule has 6 aromatic carbocycles. The van der Waals surface area contributed by atoms with Crippen molar-refractivity contribution in [2.75, 3.05) is 0 Å². The molecule has 1 aliphatic heterocycles. The van der Waals surface area contributed by atoms with Gasteiger partial charge in [0.05, 0.1) is 11.6 Å². The van der Waals surface area contributed by atoms with E-state index in [0.717, 1.165) is 55.6 Å². The van der Waals surface area contributed by atoms with Crippen LogP contribution in [-0.2, 0) is 0 Å². The molecule has 1 N–H and O–H groups in total.